The highest BCUT2D eigenvalue weighted by molar-refractivity contribution is 7.86. The van der Waals surface area contributed by atoms with Gasteiger partial charge in [-0.1, -0.05) is 0 Å². The monoisotopic (exact) mass is 267 g/mol. The molecule has 1 rings (SSSR count). The Hall–Kier alpha value is -1.16. The second-order valence-electron chi connectivity index (χ2n) is 3.05. The van der Waals surface area contributed by atoms with E-state index < -0.39 is 35.7 Å². The zero-order valence-electron chi connectivity index (χ0n) is 8.08. The molecule has 0 aliphatic heterocycles. The maximum Gasteiger partial charge on any atom is 0.296 e. The molecule has 90 valence electrons. The highest BCUT2D eigenvalue weighted by atomic mass is 32.2. The number of nitrogen functional groups attached to an aromatic ring is 1. The van der Waals surface area contributed by atoms with E-state index in [0.29, 0.717) is 0 Å². The van der Waals surface area contributed by atoms with E-state index in [1.54, 1.807) is 0 Å². The molecule has 1 aromatic rings. The van der Waals surface area contributed by atoms with E-state index >= 15 is 0 Å². The van der Waals surface area contributed by atoms with Crippen molar-refractivity contribution in [2.24, 2.45) is 0 Å². The standard InChI is InChI=1S/C7H9NO6S2/c1-4-5(15(9,10)11)2-3-6(7(4)8)16(12,13)14/h2-3H,8H2,1H3,(H,9,10,11)(H,12,13,14). The summed E-state index contributed by atoms with van der Waals surface area (Å²) >= 11 is 0. The van der Waals surface area contributed by atoms with Crippen molar-refractivity contribution >= 4 is 25.9 Å². The van der Waals surface area contributed by atoms with Gasteiger partial charge in [-0.25, -0.2) is 0 Å². The average Bonchev–Trinajstić information content (AvgIpc) is 2.05. The molecule has 9 heteroatoms. The van der Waals surface area contributed by atoms with Crippen molar-refractivity contribution in [2.75, 3.05) is 5.73 Å². The Kier molecular flexibility index (Phi) is 2.98. The second-order valence-corrected chi connectivity index (χ2v) is 5.83. The molecule has 0 aliphatic rings. The van der Waals surface area contributed by atoms with Crippen molar-refractivity contribution in [2.45, 2.75) is 16.7 Å². The van der Waals surface area contributed by atoms with E-state index in [0.717, 1.165) is 12.1 Å². The van der Waals surface area contributed by atoms with E-state index in [-0.39, 0.29) is 5.56 Å². The molecule has 16 heavy (non-hydrogen) atoms. The minimum absolute atomic E-state index is 0.141. The van der Waals surface area contributed by atoms with Crippen LogP contribution in [-0.4, -0.2) is 25.9 Å². The van der Waals surface area contributed by atoms with Crippen molar-refractivity contribution in [3.05, 3.63) is 17.7 Å². The van der Waals surface area contributed by atoms with Gasteiger partial charge in [0.15, 0.2) is 0 Å². The zero-order chi connectivity index (χ0) is 12.7. The van der Waals surface area contributed by atoms with Crippen molar-refractivity contribution in [1.29, 1.82) is 0 Å². The maximum absolute atomic E-state index is 10.9. The Balaban J connectivity index is 3.67. The van der Waals surface area contributed by atoms with Crippen LogP contribution in [0.5, 0.6) is 0 Å². The largest absolute Gasteiger partial charge is 0.397 e. The maximum atomic E-state index is 10.9. The van der Waals surface area contributed by atoms with Crippen LogP contribution in [-0.2, 0) is 20.2 Å². The average molecular weight is 267 g/mol. The van der Waals surface area contributed by atoms with Gasteiger partial charge in [-0.2, -0.15) is 16.8 Å². The van der Waals surface area contributed by atoms with Gasteiger partial charge in [-0.15, -0.1) is 0 Å². The van der Waals surface area contributed by atoms with E-state index in [9.17, 15) is 16.8 Å². The Bertz CT molecular complexity index is 574. The molecule has 0 aromatic heterocycles. The molecule has 0 spiro atoms. The molecule has 4 N–H and O–H groups in total. The van der Waals surface area contributed by atoms with Crippen molar-refractivity contribution in [3.63, 3.8) is 0 Å². The van der Waals surface area contributed by atoms with Crippen LogP contribution in [0.4, 0.5) is 5.69 Å². The minimum atomic E-state index is -4.52. The molecule has 0 radical (unpaired) electrons. The molecule has 0 fully saturated rings. The lowest BCUT2D eigenvalue weighted by molar-refractivity contribution is 0.478. The first-order valence-corrected chi connectivity index (χ1v) is 6.77. The minimum Gasteiger partial charge on any atom is -0.397 e. The fourth-order valence-electron chi connectivity index (χ4n) is 1.19. The first kappa shape index (κ1) is 12.9. The summed E-state index contributed by atoms with van der Waals surface area (Å²) in [5.74, 6) is 0. The molecular weight excluding hydrogens is 258 g/mol. The summed E-state index contributed by atoms with van der Waals surface area (Å²) in [5, 5.41) is 0. The number of hydrogen-bond acceptors (Lipinski definition) is 5. The van der Waals surface area contributed by atoms with Gasteiger partial charge in [0, 0.05) is 0 Å². The Labute approximate surface area is 92.4 Å². The van der Waals surface area contributed by atoms with Gasteiger partial charge in [-0.05, 0) is 24.6 Å². The molecule has 0 aliphatic carbocycles. The van der Waals surface area contributed by atoms with Gasteiger partial charge in [-0.3, -0.25) is 9.11 Å². The first-order valence-electron chi connectivity index (χ1n) is 3.89. The molecular formula is C7H9NO6S2. The lowest BCUT2D eigenvalue weighted by Crippen LogP contribution is -2.09. The highest BCUT2D eigenvalue weighted by Gasteiger charge is 2.21. The van der Waals surface area contributed by atoms with Crippen molar-refractivity contribution in [3.8, 4) is 0 Å². The first-order chi connectivity index (χ1) is 7.05. The van der Waals surface area contributed by atoms with Gasteiger partial charge in [0.05, 0.1) is 10.6 Å². The van der Waals surface area contributed by atoms with Crippen LogP contribution in [0.3, 0.4) is 0 Å². The molecule has 0 atom stereocenters. The Morgan fingerprint density at radius 2 is 1.38 bits per heavy atom. The number of benzene rings is 1. The van der Waals surface area contributed by atoms with Crippen LogP contribution in [0.2, 0.25) is 0 Å². The molecule has 7 nitrogen and oxygen atoms in total. The molecule has 0 saturated carbocycles. The van der Waals surface area contributed by atoms with E-state index in [1.165, 1.54) is 6.92 Å². The summed E-state index contributed by atoms with van der Waals surface area (Å²) in [6.45, 7) is 1.22. The van der Waals surface area contributed by atoms with Crippen molar-refractivity contribution in [1.82, 2.24) is 0 Å². The van der Waals surface area contributed by atoms with E-state index in [4.69, 9.17) is 14.8 Å². The molecule has 0 heterocycles. The normalized spacial score (nSPS) is 12.7. The SMILES string of the molecule is Cc1c(S(=O)(=O)O)ccc(S(=O)(=O)O)c1N. The lowest BCUT2D eigenvalue weighted by atomic mass is 10.2. The van der Waals surface area contributed by atoms with Crippen LogP contribution >= 0.6 is 0 Å². The summed E-state index contributed by atoms with van der Waals surface area (Å²) in [6, 6.07) is 1.66. The van der Waals surface area contributed by atoms with E-state index in [2.05, 4.69) is 0 Å². The van der Waals surface area contributed by atoms with Gasteiger partial charge in [0.2, 0.25) is 0 Å². The molecule has 0 amide bonds. The van der Waals surface area contributed by atoms with Gasteiger partial charge in [0.25, 0.3) is 20.2 Å². The Morgan fingerprint density at radius 3 is 1.75 bits per heavy atom. The third kappa shape index (κ3) is 2.32. The van der Waals surface area contributed by atoms with Crippen LogP contribution < -0.4 is 5.73 Å². The summed E-state index contributed by atoms with van der Waals surface area (Å²) < 4.78 is 60.9. The summed E-state index contributed by atoms with van der Waals surface area (Å²) in [7, 11) is -8.99. The molecule has 0 bridgehead atoms. The van der Waals surface area contributed by atoms with Gasteiger partial charge >= 0.3 is 0 Å². The zero-order valence-corrected chi connectivity index (χ0v) is 9.71. The van der Waals surface area contributed by atoms with E-state index in [1.807, 2.05) is 0 Å². The smallest absolute Gasteiger partial charge is 0.296 e. The molecule has 1 aromatic carbocycles. The fraction of sp³-hybridized carbons (Fsp3) is 0.143. The summed E-state index contributed by atoms with van der Waals surface area (Å²) in [4.78, 5) is -1.10. The fourth-order valence-corrected chi connectivity index (χ4v) is 2.60. The highest BCUT2D eigenvalue weighted by Crippen LogP contribution is 2.27. The summed E-state index contributed by atoms with van der Waals surface area (Å²) in [5.41, 5.74) is 4.79. The van der Waals surface area contributed by atoms with Crippen LogP contribution in [0.15, 0.2) is 21.9 Å². The number of anilines is 1. The number of hydrogen-bond donors (Lipinski definition) is 3. The third-order valence-electron chi connectivity index (χ3n) is 1.98. The van der Waals surface area contributed by atoms with Crippen LogP contribution in [0.25, 0.3) is 0 Å². The Morgan fingerprint density at radius 1 is 1.00 bits per heavy atom. The number of nitrogens with two attached hydrogens (primary N) is 1. The predicted molar refractivity (Wildman–Crippen MR) is 55.2 cm³/mol. The van der Waals surface area contributed by atoms with Gasteiger partial charge < -0.3 is 5.73 Å². The predicted octanol–water partition coefficient (Wildman–Crippen LogP) is 0.0706. The topological polar surface area (TPSA) is 135 Å². The van der Waals surface area contributed by atoms with Gasteiger partial charge in [0.1, 0.15) is 4.90 Å². The second kappa shape index (κ2) is 3.70. The summed E-state index contributed by atoms with van der Waals surface area (Å²) in [6.07, 6.45) is 0. The quantitative estimate of drug-likeness (QED) is 0.509. The van der Waals surface area contributed by atoms with Crippen LogP contribution in [0, 0.1) is 6.92 Å². The molecule has 0 unspecified atom stereocenters. The third-order valence-corrected chi connectivity index (χ3v) is 3.89. The lowest BCUT2D eigenvalue weighted by Gasteiger charge is -2.08. The van der Waals surface area contributed by atoms with Crippen LogP contribution in [0.1, 0.15) is 5.56 Å². The molecule has 0 saturated heterocycles. The number of rotatable bonds is 2. The van der Waals surface area contributed by atoms with Crippen molar-refractivity contribution < 1.29 is 25.9 Å².